The summed E-state index contributed by atoms with van der Waals surface area (Å²) in [5.74, 6) is 0.382. The number of amides is 2. The zero-order chi connectivity index (χ0) is 26.9. The topological polar surface area (TPSA) is 109 Å². The van der Waals surface area contributed by atoms with E-state index >= 15 is 0 Å². The summed E-state index contributed by atoms with van der Waals surface area (Å²) in [5.41, 5.74) is 5.05. The third-order valence-electron chi connectivity index (χ3n) is 8.27. The van der Waals surface area contributed by atoms with E-state index in [1.165, 1.54) is 15.8 Å². The molecular formula is C29H33N5O4. The average molecular weight is 516 g/mol. The first-order valence-corrected chi connectivity index (χ1v) is 13.2. The zero-order valence-electron chi connectivity index (χ0n) is 22.2. The highest BCUT2D eigenvalue weighted by atomic mass is 16.3. The molecule has 198 valence electrons. The lowest BCUT2D eigenvalue weighted by Gasteiger charge is -2.31. The van der Waals surface area contributed by atoms with Crippen LogP contribution in [-0.2, 0) is 37.8 Å². The van der Waals surface area contributed by atoms with Crippen LogP contribution < -0.4 is 15.8 Å². The number of rotatable bonds is 5. The number of hydrogen-bond donors (Lipinski definition) is 2. The summed E-state index contributed by atoms with van der Waals surface area (Å²) in [4.78, 5) is 45.1. The molecule has 0 radical (unpaired) electrons. The molecule has 3 aromatic rings. The second-order valence-electron chi connectivity index (χ2n) is 11.8. The van der Waals surface area contributed by atoms with Gasteiger partial charge in [-0.2, -0.15) is 0 Å². The number of aryl methyl sites for hydroxylation is 1. The highest BCUT2D eigenvalue weighted by Gasteiger charge is 2.40. The lowest BCUT2D eigenvalue weighted by atomic mass is 9.90. The summed E-state index contributed by atoms with van der Waals surface area (Å²) in [6, 6.07) is 5.42. The van der Waals surface area contributed by atoms with Crippen molar-refractivity contribution in [2.45, 2.75) is 53.2 Å². The molecule has 1 fully saturated rings. The van der Waals surface area contributed by atoms with E-state index < -0.39 is 0 Å². The minimum Gasteiger partial charge on any atom is -0.392 e. The molecule has 9 heteroatoms. The van der Waals surface area contributed by atoms with Crippen LogP contribution >= 0.6 is 0 Å². The van der Waals surface area contributed by atoms with Crippen molar-refractivity contribution >= 4 is 23.3 Å². The van der Waals surface area contributed by atoms with Gasteiger partial charge in [0, 0.05) is 55.3 Å². The van der Waals surface area contributed by atoms with Gasteiger partial charge in [-0.15, -0.1) is 0 Å². The molecule has 3 aromatic heterocycles. The van der Waals surface area contributed by atoms with Crippen molar-refractivity contribution in [2.24, 2.45) is 24.3 Å². The molecule has 2 amide bonds. The maximum atomic E-state index is 13.7. The molecule has 6 rings (SSSR count). The van der Waals surface area contributed by atoms with E-state index in [1.807, 2.05) is 13.0 Å². The Kier molecular flexibility index (Phi) is 5.61. The first-order chi connectivity index (χ1) is 18.1. The highest BCUT2D eigenvalue weighted by molar-refractivity contribution is 6.06. The number of carbonyl (C=O) groups excluding carboxylic acids is 2. The summed E-state index contributed by atoms with van der Waals surface area (Å²) in [6.07, 6.45) is 6.02. The van der Waals surface area contributed by atoms with E-state index in [4.69, 9.17) is 0 Å². The predicted molar refractivity (Wildman–Crippen MR) is 144 cm³/mol. The Hall–Kier alpha value is -3.72. The van der Waals surface area contributed by atoms with Crippen molar-refractivity contribution in [1.82, 2.24) is 14.1 Å². The summed E-state index contributed by atoms with van der Waals surface area (Å²) in [7, 11) is 1.63. The molecule has 9 nitrogen and oxygen atoms in total. The molecule has 0 unspecified atom stereocenters. The maximum Gasteiger partial charge on any atom is 0.276 e. The first-order valence-electron chi connectivity index (χ1n) is 13.2. The van der Waals surface area contributed by atoms with E-state index in [1.54, 1.807) is 36.5 Å². The fourth-order valence-corrected chi connectivity index (χ4v) is 6.11. The van der Waals surface area contributed by atoms with Gasteiger partial charge in [0.05, 0.1) is 6.61 Å². The SMILES string of the molecule is C[C@@H]1C[C@H]1C(=O)Nc1cc(-c2ccnc(N3CCn4c(cc5c4CC(C)(C)C5)C3=O)c2CO)cn(C)c1=O. The molecule has 1 aliphatic heterocycles. The molecule has 0 spiro atoms. The quantitative estimate of drug-likeness (QED) is 0.543. The summed E-state index contributed by atoms with van der Waals surface area (Å²) in [5, 5.41) is 13.2. The van der Waals surface area contributed by atoms with Gasteiger partial charge in [-0.3, -0.25) is 19.3 Å². The Labute approximate surface area is 221 Å². The van der Waals surface area contributed by atoms with Crippen molar-refractivity contribution in [3.63, 3.8) is 0 Å². The lowest BCUT2D eigenvalue weighted by molar-refractivity contribution is -0.117. The van der Waals surface area contributed by atoms with Crippen LogP contribution in [0.3, 0.4) is 0 Å². The van der Waals surface area contributed by atoms with E-state index in [0.29, 0.717) is 47.2 Å². The molecule has 0 bridgehead atoms. The number of aromatic nitrogens is 3. The Morgan fingerprint density at radius 2 is 1.97 bits per heavy atom. The number of hydrogen-bond acceptors (Lipinski definition) is 5. The van der Waals surface area contributed by atoms with Crippen LogP contribution in [0.15, 0.2) is 35.4 Å². The van der Waals surface area contributed by atoms with Gasteiger partial charge < -0.3 is 19.6 Å². The number of nitrogens with zero attached hydrogens (tertiary/aromatic N) is 4. The smallest absolute Gasteiger partial charge is 0.276 e. The van der Waals surface area contributed by atoms with Gasteiger partial charge >= 0.3 is 0 Å². The van der Waals surface area contributed by atoms with Crippen molar-refractivity contribution in [2.75, 3.05) is 16.8 Å². The molecule has 2 N–H and O–H groups in total. The van der Waals surface area contributed by atoms with Crippen LogP contribution in [0, 0.1) is 17.3 Å². The molecular weight excluding hydrogens is 482 g/mol. The van der Waals surface area contributed by atoms with Gasteiger partial charge in [0.15, 0.2) is 0 Å². The van der Waals surface area contributed by atoms with Crippen LogP contribution in [0.5, 0.6) is 0 Å². The molecule has 2 aliphatic carbocycles. The Morgan fingerprint density at radius 3 is 2.68 bits per heavy atom. The van der Waals surface area contributed by atoms with E-state index in [2.05, 4.69) is 28.7 Å². The standard InChI is InChI=1S/C29H33N5O4/c1-16-9-20(16)26(36)31-22-10-18(14-32(4)27(22)37)19-5-6-30-25(21(19)15-35)34-8-7-33-23(28(34)38)11-17-12-29(2,3)13-24(17)33/h5-6,10-11,14,16,20,35H,7-9,12-13,15H2,1-4H3,(H,31,36)/t16-,20-/m1/s1. The Balaban J connectivity index is 1.36. The summed E-state index contributed by atoms with van der Waals surface area (Å²) in [6.45, 7) is 7.30. The Morgan fingerprint density at radius 1 is 1.21 bits per heavy atom. The minimum atomic E-state index is -0.335. The molecule has 38 heavy (non-hydrogen) atoms. The van der Waals surface area contributed by atoms with Crippen LogP contribution in [0.4, 0.5) is 11.5 Å². The number of fused-ring (bicyclic) bond motifs is 3. The van der Waals surface area contributed by atoms with Gasteiger partial charge in [-0.25, -0.2) is 4.98 Å². The monoisotopic (exact) mass is 515 g/mol. The maximum absolute atomic E-state index is 13.7. The number of aliphatic hydroxyl groups excluding tert-OH is 1. The predicted octanol–water partition coefficient (Wildman–Crippen LogP) is 3.12. The second kappa shape index (κ2) is 8.66. The molecule has 4 heterocycles. The van der Waals surface area contributed by atoms with Gasteiger partial charge in [0.1, 0.15) is 17.2 Å². The van der Waals surface area contributed by atoms with Crippen LogP contribution in [0.1, 0.15) is 54.5 Å². The minimum absolute atomic E-state index is 0.0691. The number of aliphatic hydroxyl groups is 1. The summed E-state index contributed by atoms with van der Waals surface area (Å²) < 4.78 is 3.57. The molecule has 3 aliphatic rings. The number of nitrogens with one attached hydrogen (secondary N) is 1. The van der Waals surface area contributed by atoms with Gasteiger partial charge in [0.2, 0.25) is 5.91 Å². The lowest BCUT2D eigenvalue weighted by Crippen LogP contribution is -2.41. The van der Waals surface area contributed by atoms with Crippen molar-refractivity contribution in [1.29, 1.82) is 0 Å². The van der Waals surface area contributed by atoms with Gasteiger partial charge in [0.25, 0.3) is 11.5 Å². The number of pyridine rings is 2. The van der Waals surface area contributed by atoms with Crippen LogP contribution in [0.25, 0.3) is 11.1 Å². The van der Waals surface area contributed by atoms with Crippen molar-refractivity contribution in [3.8, 4) is 11.1 Å². The molecule has 0 saturated heterocycles. The van der Waals surface area contributed by atoms with E-state index in [9.17, 15) is 19.5 Å². The average Bonchev–Trinajstić information content (AvgIpc) is 3.41. The number of anilines is 2. The normalized spacial score (nSPS) is 21.3. The first kappa shape index (κ1) is 24.6. The summed E-state index contributed by atoms with van der Waals surface area (Å²) >= 11 is 0. The molecule has 2 atom stereocenters. The number of carbonyl (C=O) groups is 2. The Bertz CT molecular complexity index is 1550. The fourth-order valence-electron chi connectivity index (χ4n) is 6.11. The van der Waals surface area contributed by atoms with Crippen molar-refractivity contribution < 1.29 is 14.7 Å². The third kappa shape index (κ3) is 3.96. The largest absolute Gasteiger partial charge is 0.392 e. The second-order valence-corrected chi connectivity index (χ2v) is 11.8. The van der Waals surface area contributed by atoms with Crippen LogP contribution in [0.2, 0.25) is 0 Å². The van der Waals surface area contributed by atoms with Crippen molar-refractivity contribution in [3.05, 3.63) is 63.5 Å². The molecule has 0 aromatic carbocycles. The van der Waals surface area contributed by atoms with E-state index in [-0.39, 0.29) is 41.0 Å². The van der Waals surface area contributed by atoms with Gasteiger partial charge in [-0.05, 0) is 59.9 Å². The van der Waals surface area contributed by atoms with Crippen LogP contribution in [-0.4, -0.2) is 37.6 Å². The zero-order valence-corrected chi connectivity index (χ0v) is 22.2. The highest BCUT2D eigenvalue weighted by Crippen LogP contribution is 2.40. The fraction of sp³-hybridized carbons (Fsp3) is 0.448. The van der Waals surface area contributed by atoms with Gasteiger partial charge in [-0.1, -0.05) is 20.8 Å². The van der Waals surface area contributed by atoms with E-state index in [0.717, 1.165) is 19.3 Å². The molecule has 1 saturated carbocycles. The third-order valence-corrected chi connectivity index (χ3v) is 8.27.